The van der Waals surface area contributed by atoms with Gasteiger partial charge in [-0.05, 0) is 57.5 Å². The summed E-state index contributed by atoms with van der Waals surface area (Å²) in [6.07, 6.45) is 5.60. The summed E-state index contributed by atoms with van der Waals surface area (Å²) in [5.41, 5.74) is 0. The molecule has 94 valence electrons. The third-order valence-corrected chi connectivity index (χ3v) is 4.15. The lowest BCUT2D eigenvalue weighted by atomic mass is 9.92. The van der Waals surface area contributed by atoms with Crippen molar-refractivity contribution in [2.45, 2.75) is 58.5 Å². The molecule has 0 spiro atoms. The molecular weight excluding hydrogens is 196 g/mol. The zero-order valence-corrected chi connectivity index (χ0v) is 11.2. The van der Waals surface area contributed by atoms with E-state index < -0.39 is 0 Å². The van der Waals surface area contributed by atoms with Crippen LogP contribution in [0, 0.1) is 11.8 Å². The molecule has 2 rings (SSSR count). The fourth-order valence-electron chi connectivity index (χ4n) is 2.85. The van der Waals surface area contributed by atoms with Gasteiger partial charge < -0.3 is 10.2 Å². The van der Waals surface area contributed by atoms with Crippen LogP contribution in [0.1, 0.15) is 46.5 Å². The largest absolute Gasteiger partial charge is 0.314 e. The number of nitrogens with zero attached hydrogens (tertiary/aromatic N) is 1. The lowest BCUT2D eigenvalue weighted by molar-refractivity contribution is 0.112. The minimum absolute atomic E-state index is 0.798. The molecule has 2 heteroatoms. The molecule has 2 fully saturated rings. The number of hydrogen-bond acceptors (Lipinski definition) is 2. The van der Waals surface area contributed by atoms with Gasteiger partial charge in [0.05, 0.1) is 0 Å². The average Bonchev–Trinajstić information content (AvgIpc) is 3.03. The normalized spacial score (nSPS) is 33.9. The van der Waals surface area contributed by atoms with Crippen molar-refractivity contribution in [2.75, 3.05) is 19.6 Å². The molecule has 1 aliphatic heterocycles. The van der Waals surface area contributed by atoms with Gasteiger partial charge in [-0.25, -0.2) is 0 Å². The molecule has 0 amide bonds. The molecule has 1 N–H and O–H groups in total. The highest BCUT2D eigenvalue weighted by Gasteiger charge is 2.25. The molecule has 2 aliphatic rings. The SMILES string of the molecule is CC1CCN(CC(C)CNC2CC2)C(C)C1. The molecule has 0 aromatic rings. The Morgan fingerprint density at radius 3 is 2.62 bits per heavy atom. The Hall–Kier alpha value is -0.0800. The van der Waals surface area contributed by atoms with E-state index in [1.165, 1.54) is 45.3 Å². The maximum atomic E-state index is 3.64. The summed E-state index contributed by atoms with van der Waals surface area (Å²) in [7, 11) is 0. The molecule has 2 nitrogen and oxygen atoms in total. The van der Waals surface area contributed by atoms with Crippen molar-refractivity contribution in [3.05, 3.63) is 0 Å². The number of rotatable bonds is 5. The van der Waals surface area contributed by atoms with Crippen molar-refractivity contribution in [1.82, 2.24) is 10.2 Å². The number of piperidine rings is 1. The Morgan fingerprint density at radius 1 is 1.25 bits per heavy atom. The van der Waals surface area contributed by atoms with Crippen LogP contribution in [0.4, 0.5) is 0 Å². The first kappa shape index (κ1) is 12.4. The Balaban J connectivity index is 1.66. The predicted molar refractivity (Wildman–Crippen MR) is 69.6 cm³/mol. The van der Waals surface area contributed by atoms with Gasteiger partial charge in [0, 0.05) is 18.6 Å². The van der Waals surface area contributed by atoms with Crippen molar-refractivity contribution in [1.29, 1.82) is 0 Å². The van der Waals surface area contributed by atoms with E-state index in [1.807, 2.05) is 0 Å². The third-order valence-electron chi connectivity index (χ3n) is 4.15. The van der Waals surface area contributed by atoms with Crippen LogP contribution >= 0.6 is 0 Å². The van der Waals surface area contributed by atoms with Crippen molar-refractivity contribution in [3.63, 3.8) is 0 Å². The summed E-state index contributed by atoms with van der Waals surface area (Å²) < 4.78 is 0. The maximum Gasteiger partial charge on any atom is 0.00695 e. The van der Waals surface area contributed by atoms with Crippen LogP contribution in [-0.4, -0.2) is 36.6 Å². The van der Waals surface area contributed by atoms with Crippen LogP contribution in [0.2, 0.25) is 0 Å². The molecule has 3 atom stereocenters. The van der Waals surface area contributed by atoms with Gasteiger partial charge in [0.2, 0.25) is 0 Å². The van der Waals surface area contributed by atoms with Crippen molar-refractivity contribution < 1.29 is 0 Å². The molecule has 0 aromatic heterocycles. The van der Waals surface area contributed by atoms with Crippen molar-refractivity contribution in [2.24, 2.45) is 11.8 Å². The Morgan fingerprint density at radius 2 is 2.00 bits per heavy atom. The predicted octanol–water partition coefficient (Wildman–Crippen LogP) is 2.49. The monoisotopic (exact) mass is 224 g/mol. The molecule has 0 aromatic carbocycles. The lowest BCUT2D eigenvalue weighted by Crippen LogP contribution is -2.44. The van der Waals surface area contributed by atoms with Gasteiger partial charge >= 0.3 is 0 Å². The molecule has 1 saturated carbocycles. The summed E-state index contributed by atoms with van der Waals surface area (Å²) in [6.45, 7) is 11.0. The molecule has 3 unspecified atom stereocenters. The Kier molecular flexibility index (Phi) is 4.26. The topological polar surface area (TPSA) is 15.3 Å². The first-order chi connectivity index (χ1) is 7.65. The summed E-state index contributed by atoms with van der Waals surface area (Å²) in [6, 6.07) is 1.66. The van der Waals surface area contributed by atoms with Gasteiger partial charge in [-0.1, -0.05) is 13.8 Å². The van der Waals surface area contributed by atoms with Crippen LogP contribution in [0.25, 0.3) is 0 Å². The van der Waals surface area contributed by atoms with E-state index in [4.69, 9.17) is 0 Å². The molecule has 1 heterocycles. The average molecular weight is 224 g/mol. The van der Waals surface area contributed by atoms with Gasteiger partial charge in [-0.2, -0.15) is 0 Å². The van der Waals surface area contributed by atoms with E-state index in [-0.39, 0.29) is 0 Å². The van der Waals surface area contributed by atoms with Gasteiger partial charge in [-0.15, -0.1) is 0 Å². The van der Waals surface area contributed by atoms with E-state index in [0.717, 1.165) is 23.9 Å². The van der Waals surface area contributed by atoms with Gasteiger partial charge in [-0.3, -0.25) is 0 Å². The quantitative estimate of drug-likeness (QED) is 0.772. The van der Waals surface area contributed by atoms with Crippen LogP contribution < -0.4 is 5.32 Å². The summed E-state index contributed by atoms with van der Waals surface area (Å²) >= 11 is 0. The second-order valence-electron chi connectivity index (χ2n) is 6.26. The number of nitrogens with one attached hydrogen (secondary N) is 1. The second kappa shape index (κ2) is 5.50. The lowest BCUT2D eigenvalue weighted by Gasteiger charge is -2.38. The molecular formula is C14H28N2. The summed E-state index contributed by atoms with van der Waals surface area (Å²) in [5, 5.41) is 3.64. The van der Waals surface area contributed by atoms with E-state index in [1.54, 1.807) is 0 Å². The zero-order valence-electron chi connectivity index (χ0n) is 11.2. The molecule has 0 radical (unpaired) electrons. The smallest absolute Gasteiger partial charge is 0.00695 e. The van der Waals surface area contributed by atoms with Crippen LogP contribution in [0.5, 0.6) is 0 Å². The van der Waals surface area contributed by atoms with E-state index in [2.05, 4.69) is 31.0 Å². The van der Waals surface area contributed by atoms with Gasteiger partial charge in [0.1, 0.15) is 0 Å². The highest BCUT2D eigenvalue weighted by Crippen LogP contribution is 2.23. The minimum Gasteiger partial charge on any atom is -0.314 e. The number of likely N-dealkylation sites (tertiary alicyclic amines) is 1. The third kappa shape index (κ3) is 3.74. The van der Waals surface area contributed by atoms with Gasteiger partial charge in [0.15, 0.2) is 0 Å². The molecule has 1 saturated heterocycles. The molecule has 16 heavy (non-hydrogen) atoms. The molecule has 0 bridgehead atoms. The van der Waals surface area contributed by atoms with Gasteiger partial charge in [0.25, 0.3) is 0 Å². The summed E-state index contributed by atoms with van der Waals surface area (Å²) in [4.78, 5) is 2.69. The Labute approximate surface area is 101 Å². The van der Waals surface area contributed by atoms with Crippen molar-refractivity contribution in [3.8, 4) is 0 Å². The van der Waals surface area contributed by atoms with E-state index in [0.29, 0.717) is 0 Å². The van der Waals surface area contributed by atoms with Crippen LogP contribution in [0.3, 0.4) is 0 Å². The minimum atomic E-state index is 0.798. The van der Waals surface area contributed by atoms with Crippen LogP contribution in [-0.2, 0) is 0 Å². The first-order valence-electron chi connectivity index (χ1n) is 7.12. The van der Waals surface area contributed by atoms with E-state index >= 15 is 0 Å². The molecule has 1 aliphatic carbocycles. The highest BCUT2D eigenvalue weighted by molar-refractivity contribution is 4.83. The van der Waals surface area contributed by atoms with Crippen LogP contribution in [0.15, 0.2) is 0 Å². The number of hydrogen-bond donors (Lipinski definition) is 1. The maximum absolute atomic E-state index is 3.64. The standard InChI is InChI=1S/C14H28N2/c1-11-6-7-16(13(3)8-11)10-12(2)9-15-14-4-5-14/h11-15H,4-10H2,1-3H3. The fourth-order valence-corrected chi connectivity index (χ4v) is 2.85. The Bertz CT molecular complexity index is 213. The van der Waals surface area contributed by atoms with E-state index in [9.17, 15) is 0 Å². The fraction of sp³-hybridized carbons (Fsp3) is 1.00. The summed E-state index contributed by atoms with van der Waals surface area (Å²) in [5.74, 6) is 1.74. The second-order valence-corrected chi connectivity index (χ2v) is 6.26. The zero-order chi connectivity index (χ0) is 11.5. The van der Waals surface area contributed by atoms with Crippen molar-refractivity contribution >= 4 is 0 Å². The first-order valence-corrected chi connectivity index (χ1v) is 7.12. The highest BCUT2D eigenvalue weighted by atomic mass is 15.2.